The molecule has 1 aliphatic rings. The fraction of sp³-hybridized carbons (Fsp3) is 0.450. The molecule has 2 heterocycles. The summed E-state index contributed by atoms with van der Waals surface area (Å²) < 4.78 is 0. The van der Waals surface area contributed by atoms with Crippen LogP contribution in [0.15, 0.2) is 36.5 Å². The molecule has 0 spiro atoms. The van der Waals surface area contributed by atoms with Gasteiger partial charge in [0.1, 0.15) is 5.69 Å². The van der Waals surface area contributed by atoms with Crippen molar-refractivity contribution in [3.05, 3.63) is 47.8 Å². The van der Waals surface area contributed by atoms with Crippen LogP contribution in [-0.2, 0) is 0 Å². The molecular formula is C20H27N5O. The molecule has 3 rings (SSSR count). The number of benzene rings is 1. The maximum Gasteiger partial charge on any atom is 0.272 e. The lowest BCUT2D eigenvalue weighted by atomic mass is 10.2. The second-order valence-corrected chi connectivity index (χ2v) is 6.84. The Hall–Kier alpha value is -2.63. The average molecular weight is 353 g/mol. The Morgan fingerprint density at radius 2 is 2.00 bits per heavy atom. The van der Waals surface area contributed by atoms with Gasteiger partial charge in [0.25, 0.3) is 5.91 Å². The molecular weight excluding hydrogens is 326 g/mol. The van der Waals surface area contributed by atoms with Crippen molar-refractivity contribution < 1.29 is 4.79 Å². The lowest BCUT2D eigenvalue weighted by molar-refractivity contribution is 0.0741. The average Bonchev–Trinajstić information content (AvgIpc) is 2.67. The van der Waals surface area contributed by atoms with E-state index in [1.54, 1.807) is 12.3 Å². The molecule has 1 N–H and O–H groups in total. The molecule has 2 aromatic rings. The summed E-state index contributed by atoms with van der Waals surface area (Å²) in [5.74, 6) is 0.493. The van der Waals surface area contributed by atoms with Crippen LogP contribution in [0.4, 0.5) is 11.6 Å². The van der Waals surface area contributed by atoms with Crippen LogP contribution in [0.5, 0.6) is 0 Å². The van der Waals surface area contributed by atoms with Crippen LogP contribution in [0.3, 0.4) is 0 Å². The summed E-state index contributed by atoms with van der Waals surface area (Å²) in [6, 6.07) is 10.5. The topological polar surface area (TPSA) is 61.4 Å². The monoisotopic (exact) mass is 353 g/mol. The number of piperazine rings is 1. The van der Waals surface area contributed by atoms with Gasteiger partial charge in [-0.25, -0.2) is 9.97 Å². The fourth-order valence-corrected chi connectivity index (χ4v) is 3.02. The Morgan fingerprint density at radius 1 is 1.23 bits per heavy atom. The molecule has 1 atom stereocenters. The molecule has 1 aliphatic heterocycles. The second-order valence-electron chi connectivity index (χ2n) is 6.84. The predicted octanol–water partition coefficient (Wildman–Crippen LogP) is 2.96. The highest BCUT2D eigenvalue weighted by molar-refractivity contribution is 5.92. The van der Waals surface area contributed by atoms with Crippen LogP contribution in [0.25, 0.3) is 0 Å². The minimum absolute atomic E-state index is 0.0245. The van der Waals surface area contributed by atoms with Crippen molar-refractivity contribution in [2.45, 2.75) is 33.2 Å². The highest BCUT2D eigenvalue weighted by Gasteiger charge is 2.23. The number of nitrogens with zero attached hydrogens (tertiary/aromatic N) is 4. The SMILES string of the molecule is CCC(C)Nc1nccc(C(=O)N2CCN(c3cccc(C)c3)CC2)n1. The Kier molecular flexibility index (Phi) is 5.71. The molecule has 1 aromatic carbocycles. The number of rotatable bonds is 5. The summed E-state index contributed by atoms with van der Waals surface area (Å²) >= 11 is 0. The smallest absolute Gasteiger partial charge is 0.272 e. The number of anilines is 2. The first kappa shape index (κ1) is 18.2. The summed E-state index contributed by atoms with van der Waals surface area (Å²) in [5, 5.41) is 3.22. The third kappa shape index (κ3) is 4.31. The van der Waals surface area contributed by atoms with Crippen LogP contribution in [0.2, 0.25) is 0 Å². The second kappa shape index (κ2) is 8.17. The maximum atomic E-state index is 12.8. The van der Waals surface area contributed by atoms with Crippen LogP contribution in [0.1, 0.15) is 36.3 Å². The van der Waals surface area contributed by atoms with Gasteiger partial charge in [0.05, 0.1) is 0 Å². The minimum Gasteiger partial charge on any atom is -0.368 e. The normalized spacial score (nSPS) is 15.7. The number of aromatic nitrogens is 2. The number of aryl methyl sites for hydroxylation is 1. The molecule has 0 radical (unpaired) electrons. The van der Waals surface area contributed by atoms with Gasteiger partial charge in [-0.3, -0.25) is 4.79 Å². The van der Waals surface area contributed by atoms with E-state index in [0.717, 1.165) is 19.5 Å². The number of amides is 1. The molecule has 0 saturated carbocycles. The summed E-state index contributed by atoms with van der Waals surface area (Å²) in [6.45, 7) is 9.33. The molecule has 6 heteroatoms. The van der Waals surface area contributed by atoms with Gasteiger partial charge in [-0.05, 0) is 44.0 Å². The van der Waals surface area contributed by atoms with E-state index in [-0.39, 0.29) is 11.9 Å². The molecule has 1 unspecified atom stereocenters. The van der Waals surface area contributed by atoms with Gasteiger partial charge in [0, 0.05) is 44.1 Å². The minimum atomic E-state index is -0.0245. The fourth-order valence-electron chi connectivity index (χ4n) is 3.02. The molecule has 6 nitrogen and oxygen atoms in total. The first-order valence-electron chi connectivity index (χ1n) is 9.27. The number of hydrogen-bond donors (Lipinski definition) is 1. The summed E-state index contributed by atoms with van der Waals surface area (Å²) in [5.41, 5.74) is 2.93. The van der Waals surface area contributed by atoms with Crippen LogP contribution in [-0.4, -0.2) is 53.0 Å². The zero-order chi connectivity index (χ0) is 18.5. The third-order valence-corrected chi connectivity index (χ3v) is 4.80. The van der Waals surface area contributed by atoms with Crippen LogP contribution in [0, 0.1) is 6.92 Å². The van der Waals surface area contributed by atoms with Crippen molar-refractivity contribution in [1.82, 2.24) is 14.9 Å². The molecule has 1 aromatic heterocycles. The Balaban J connectivity index is 1.62. The Morgan fingerprint density at radius 3 is 2.69 bits per heavy atom. The van der Waals surface area contributed by atoms with Crippen molar-refractivity contribution in [1.29, 1.82) is 0 Å². The van der Waals surface area contributed by atoms with E-state index < -0.39 is 0 Å². The lowest BCUT2D eigenvalue weighted by Gasteiger charge is -2.36. The molecule has 1 saturated heterocycles. The van der Waals surface area contributed by atoms with E-state index in [2.05, 4.69) is 65.2 Å². The Bertz CT molecular complexity index is 755. The standard InChI is InChI=1S/C20H27N5O/c1-4-16(3)22-20-21-9-8-18(23-20)19(26)25-12-10-24(11-13-25)17-7-5-6-15(2)14-17/h5-9,14,16H,4,10-13H2,1-3H3,(H,21,22,23). The summed E-state index contributed by atoms with van der Waals surface area (Å²) in [6.07, 6.45) is 2.62. The number of hydrogen-bond acceptors (Lipinski definition) is 5. The summed E-state index contributed by atoms with van der Waals surface area (Å²) in [7, 11) is 0. The zero-order valence-electron chi connectivity index (χ0n) is 15.8. The molecule has 1 fully saturated rings. The van der Waals surface area contributed by atoms with Crippen molar-refractivity contribution in [2.75, 3.05) is 36.4 Å². The maximum absolute atomic E-state index is 12.8. The van der Waals surface area contributed by atoms with Crippen molar-refractivity contribution in [3.8, 4) is 0 Å². The number of carbonyl (C=O) groups excluding carboxylic acids is 1. The zero-order valence-corrected chi connectivity index (χ0v) is 15.8. The van der Waals surface area contributed by atoms with E-state index in [1.165, 1.54) is 11.3 Å². The quantitative estimate of drug-likeness (QED) is 0.895. The van der Waals surface area contributed by atoms with Crippen molar-refractivity contribution >= 4 is 17.5 Å². The third-order valence-electron chi connectivity index (χ3n) is 4.80. The van der Waals surface area contributed by atoms with Gasteiger partial charge in [-0.15, -0.1) is 0 Å². The summed E-state index contributed by atoms with van der Waals surface area (Å²) in [4.78, 5) is 25.6. The van der Waals surface area contributed by atoms with Gasteiger partial charge in [0.2, 0.25) is 5.95 Å². The van der Waals surface area contributed by atoms with Gasteiger partial charge < -0.3 is 15.1 Å². The highest BCUT2D eigenvalue weighted by Crippen LogP contribution is 2.18. The van der Waals surface area contributed by atoms with Gasteiger partial charge in [-0.2, -0.15) is 0 Å². The Labute approximate surface area is 155 Å². The lowest BCUT2D eigenvalue weighted by Crippen LogP contribution is -2.49. The first-order chi connectivity index (χ1) is 12.6. The number of nitrogens with one attached hydrogen (secondary N) is 1. The number of carbonyl (C=O) groups is 1. The molecule has 0 bridgehead atoms. The van der Waals surface area contributed by atoms with E-state index >= 15 is 0 Å². The van der Waals surface area contributed by atoms with Crippen molar-refractivity contribution in [2.24, 2.45) is 0 Å². The van der Waals surface area contributed by atoms with E-state index in [9.17, 15) is 4.79 Å². The first-order valence-corrected chi connectivity index (χ1v) is 9.27. The molecule has 1 amide bonds. The molecule has 26 heavy (non-hydrogen) atoms. The van der Waals surface area contributed by atoms with E-state index in [0.29, 0.717) is 24.7 Å². The molecule has 138 valence electrons. The predicted molar refractivity (Wildman–Crippen MR) is 105 cm³/mol. The van der Waals surface area contributed by atoms with Gasteiger partial charge >= 0.3 is 0 Å². The van der Waals surface area contributed by atoms with E-state index in [4.69, 9.17) is 0 Å². The van der Waals surface area contributed by atoms with Gasteiger partial charge in [-0.1, -0.05) is 19.1 Å². The van der Waals surface area contributed by atoms with E-state index in [1.807, 2.05) is 4.90 Å². The molecule has 0 aliphatic carbocycles. The highest BCUT2D eigenvalue weighted by atomic mass is 16.2. The van der Waals surface area contributed by atoms with Gasteiger partial charge in [0.15, 0.2) is 0 Å². The largest absolute Gasteiger partial charge is 0.368 e. The van der Waals surface area contributed by atoms with Crippen LogP contribution >= 0.6 is 0 Å². The van der Waals surface area contributed by atoms with Crippen molar-refractivity contribution in [3.63, 3.8) is 0 Å². The van der Waals surface area contributed by atoms with Crippen LogP contribution < -0.4 is 10.2 Å².